The van der Waals surface area contributed by atoms with Crippen LogP contribution in [0.1, 0.15) is 37.8 Å². The topological polar surface area (TPSA) is 68.3 Å². The number of amides is 1. The van der Waals surface area contributed by atoms with Crippen molar-refractivity contribution in [2.75, 3.05) is 0 Å². The van der Waals surface area contributed by atoms with Gasteiger partial charge in [0, 0.05) is 12.5 Å². The first-order valence-electron chi connectivity index (χ1n) is 5.09. The number of rotatable bonds is 5. The van der Waals surface area contributed by atoms with Gasteiger partial charge in [0.1, 0.15) is 11.5 Å². The second kappa shape index (κ2) is 4.98. The molecule has 0 bridgehead atoms. The number of hydrogen-bond acceptors (Lipinski definition) is 3. The Bertz CT molecular complexity index is 333. The second-order valence-electron chi connectivity index (χ2n) is 3.91. The third-order valence-corrected chi connectivity index (χ3v) is 2.23. The number of carbonyl (C=O) groups is 1. The number of carbonyl (C=O) groups excluding carboxylic acids is 1. The molecule has 2 atom stereocenters. The molecule has 0 saturated carbocycles. The molecular weight excluding hydrogens is 192 g/mol. The Hall–Kier alpha value is -1.29. The Balaban J connectivity index is 2.48. The molecule has 0 spiro atoms. The first-order valence-corrected chi connectivity index (χ1v) is 5.09. The molecule has 1 rings (SSSR count). The van der Waals surface area contributed by atoms with Crippen LogP contribution in [-0.4, -0.2) is 11.9 Å². The lowest BCUT2D eigenvalue weighted by Crippen LogP contribution is -2.32. The predicted molar refractivity (Wildman–Crippen MR) is 58.3 cm³/mol. The number of nitrogens with one attached hydrogen (secondary N) is 1. The minimum Gasteiger partial charge on any atom is -0.465 e. The highest BCUT2D eigenvalue weighted by Gasteiger charge is 2.13. The first-order chi connectivity index (χ1) is 6.99. The van der Waals surface area contributed by atoms with E-state index in [0.29, 0.717) is 6.42 Å². The normalized spacial score (nSPS) is 14.9. The summed E-state index contributed by atoms with van der Waals surface area (Å²) in [6.45, 7) is 5.83. The van der Waals surface area contributed by atoms with Gasteiger partial charge in [-0.3, -0.25) is 4.79 Å². The van der Waals surface area contributed by atoms with Crippen molar-refractivity contribution in [3.8, 4) is 0 Å². The second-order valence-corrected chi connectivity index (χ2v) is 3.91. The Labute approximate surface area is 89.8 Å². The third-order valence-electron chi connectivity index (χ3n) is 2.23. The average molecular weight is 210 g/mol. The minimum atomic E-state index is -0.294. The highest BCUT2D eigenvalue weighted by atomic mass is 16.3. The van der Waals surface area contributed by atoms with Crippen molar-refractivity contribution in [2.45, 2.75) is 39.3 Å². The van der Waals surface area contributed by atoms with E-state index in [1.165, 1.54) is 0 Å². The summed E-state index contributed by atoms with van der Waals surface area (Å²) < 4.78 is 5.47. The van der Waals surface area contributed by atoms with Crippen LogP contribution in [0, 0.1) is 6.92 Å². The summed E-state index contributed by atoms with van der Waals surface area (Å²) in [5.41, 5.74) is 5.11. The number of nitrogens with two attached hydrogens (primary N) is 1. The lowest BCUT2D eigenvalue weighted by molar-refractivity contribution is -0.118. The van der Waals surface area contributed by atoms with E-state index in [1.54, 1.807) is 0 Å². The van der Waals surface area contributed by atoms with Crippen LogP contribution in [0.5, 0.6) is 0 Å². The van der Waals surface area contributed by atoms with E-state index in [0.717, 1.165) is 11.5 Å². The van der Waals surface area contributed by atoms with Crippen molar-refractivity contribution in [3.05, 3.63) is 23.7 Å². The third kappa shape index (κ3) is 3.75. The smallest absolute Gasteiger partial charge is 0.218 e. The number of aryl methyl sites for hydroxylation is 1. The summed E-state index contributed by atoms with van der Waals surface area (Å²) in [4.78, 5) is 10.7. The van der Waals surface area contributed by atoms with Gasteiger partial charge in [0.2, 0.25) is 5.91 Å². The minimum absolute atomic E-state index is 0.0582. The summed E-state index contributed by atoms with van der Waals surface area (Å²) >= 11 is 0. The van der Waals surface area contributed by atoms with Gasteiger partial charge in [-0.05, 0) is 32.9 Å². The molecule has 3 N–H and O–H groups in total. The summed E-state index contributed by atoms with van der Waals surface area (Å²) in [5.74, 6) is 1.47. The molecule has 0 fully saturated rings. The zero-order valence-electron chi connectivity index (χ0n) is 9.41. The van der Waals surface area contributed by atoms with Crippen LogP contribution in [0.3, 0.4) is 0 Å². The number of hydrogen-bond donors (Lipinski definition) is 2. The summed E-state index contributed by atoms with van der Waals surface area (Å²) in [6.07, 6.45) is 0.337. The van der Waals surface area contributed by atoms with Crippen molar-refractivity contribution < 1.29 is 9.21 Å². The lowest BCUT2D eigenvalue weighted by atomic mass is 10.2. The fourth-order valence-corrected chi connectivity index (χ4v) is 1.56. The van der Waals surface area contributed by atoms with Gasteiger partial charge < -0.3 is 15.5 Å². The summed E-state index contributed by atoms with van der Waals surface area (Å²) in [5, 5.41) is 3.25. The Morgan fingerprint density at radius 2 is 2.20 bits per heavy atom. The lowest BCUT2D eigenvalue weighted by Gasteiger charge is -2.17. The maximum absolute atomic E-state index is 10.7. The Kier molecular flexibility index (Phi) is 3.91. The van der Waals surface area contributed by atoms with Gasteiger partial charge in [-0.1, -0.05) is 0 Å². The van der Waals surface area contributed by atoms with Crippen LogP contribution < -0.4 is 11.1 Å². The quantitative estimate of drug-likeness (QED) is 0.774. The van der Waals surface area contributed by atoms with Crippen molar-refractivity contribution in [2.24, 2.45) is 5.73 Å². The molecule has 0 aliphatic rings. The molecule has 0 aliphatic heterocycles. The Morgan fingerprint density at radius 3 is 2.67 bits per heavy atom. The highest BCUT2D eigenvalue weighted by molar-refractivity contribution is 5.74. The van der Waals surface area contributed by atoms with E-state index in [-0.39, 0.29) is 18.0 Å². The van der Waals surface area contributed by atoms with E-state index in [1.807, 2.05) is 32.9 Å². The van der Waals surface area contributed by atoms with Crippen molar-refractivity contribution >= 4 is 5.91 Å². The van der Waals surface area contributed by atoms with E-state index in [4.69, 9.17) is 10.2 Å². The molecule has 2 unspecified atom stereocenters. The molecule has 0 radical (unpaired) electrons. The summed E-state index contributed by atoms with van der Waals surface area (Å²) in [7, 11) is 0. The predicted octanol–water partition coefficient (Wildman–Crippen LogP) is 1.50. The van der Waals surface area contributed by atoms with Gasteiger partial charge in [0.05, 0.1) is 6.04 Å². The van der Waals surface area contributed by atoms with E-state index in [2.05, 4.69) is 5.32 Å². The van der Waals surface area contributed by atoms with E-state index >= 15 is 0 Å². The number of furan rings is 1. The van der Waals surface area contributed by atoms with E-state index < -0.39 is 0 Å². The zero-order chi connectivity index (χ0) is 11.4. The largest absolute Gasteiger partial charge is 0.465 e. The summed E-state index contributed by atoms with van der Waals surface area (Å²) in [6, 6.07) is 4.01. The van der Waals surface area contributed by atoms with Crippen LogP contribution in [0.2, 0.25) is 0 Å². The van der Waals surface area contributed by atoms with Gasteiger partial charge in [-0.2, -0.15) is 0 Å². The highest BCUT2D eigenvalue weighted by Crippen LogP contribution is 2.16. The molecule has 4 nitrogen and oxygen atoms in total. The molecule has 1 heterocycles. The van der Waals surface area contributed by atoms with Gasteiger partial charge in [-0.25, -0.2) is 0 Å². The van der Waals surface area contributed by atoms with Crippen molar-refractivity contribution in [3.63, 3.8) is 0 Å². The molecule has 1 aromatic heterocycles. The van der Waals surface area contributed by atoms with Gasteiger partial charge >= 0.3 is 0 Å². The monoisotopic (exact) mass is 210 g/mol. The molecular formula is C11H18N2O2. The van der Waals surface area contributed by atoms with Gasteiger partial charge in [-0.15, -0.1) is 0 Å². The zero-order valence-corrected chi connectivity index (χ0v) is 9.41. The molecule has 1 amide bonds. The van der Waals surface area contributed by atoms with Crippen LogP contribution in [-0.2, 0) is 4.79 Å². The molecule has 4 heteroatoms. The van der Waals surface area contributed by atoms with Crippen LogP contribution >= 0.6 is 0 Å². The van der Waals surface area contributed by atoms with Gasteiger partial charge in [0.25, 0.3) is 0 Å². The van der Waals surface area contributed by atoms with Gasteiger partial charge in [0.15, 0.2) is 0 Å². The fraction of sp³-hybridized carbons (Fsp3) is 0.545. The molecule has 84 valence electrons. The fourth-order valence-electron chi connectivity index (χ4n) is 1.56. The number of primary amides is 1. The molecule has 1 aromatic rings. The molecule has 0 saturated heterocycles. The van der Waals surface area contributed by atoms with Crippen LogP contribution in [0.25, 0.3) is 0 Å². The maximum Gasteiger partial charge on any atom is 0.218 e. The standard InChI is InChI=1S/C11H18N2O2/c1-7(6-11(12)14)13-9(3)10-5-4-8(2)15-10/h4-5,7,9,13H,6H2,1-3H3,(H2,12,14). The van der Waals surface area contributed by atoms with Crippen LogP contribution in [0.15, 0.2) is 16.5 Å². The van der Waals surface area contributed by atoms with Crippen molar-refractivity contribution in [1.29, 1.82) is 0 Å². The van der Waals surface area contributed by atoms with E-state index in [9.17, 15) is 4.79 Å². The molecule has 0 aliphatic carbocycles. The van der Waals surface area contributed by atoms with Crippen molar-refractivity contribution in [1.82, 2.24) is 5.32 Å². The Morgan fingerprint density at radius 1 is 1.53 bits per heavy atom. The average Bonchev–Trinajstić information content (AvgIpc) is 2.49. The molecule has 0 aromatic carbocycles. The maximum atomic E-state index is 10.7. The first kappa shape index (κ1) is 11.8. The SMILES string of the molecule is Cc1ccc(C(C)NC(C)CC(N)=O)o1. The van der Waals surface area contributed by atoms with Crippen LogP contribution in [0.4, 0.5) is 0 Å². The molecule has 15 heavy (non-hydrogen) atoms.